The van der Waals surface area contributed by atoms with Crippen molar-refractivity contribution in [1.82, 2.24) is 10.2 Å². The summed E-state index contributed by atoms with van der Waals surface area (Å²) in [5.74, 6) is 0.680. The largest absolute Gasteiger partial charge is 0.338 e. The lowest BCUT2D eigenvalue weighted by molar-refractivity contribution is -0.384. The van der Waals surface area contributed by atoms with Crippen molar-refractivity contribution in [3.8, 4) is 0 Å². The average molecular weight is 347 g/mol. The van der Waals surface area contributed by atoms with Crippen LogP contribution in [-0.4, -0.2) is 41.9 Å². The molecule has 1 amide bonds. The molecule has 0 spiro atoms. The number of carbonyl (C=O) groups excluding carboxylic acids is 1. The Morgan fingerprint density at radius 1 is 1.38 bits per heavy atom. The number of fused-ring (bicyclic) bond motifs is 1. The molecule has 0 saturated carbocycles. The Labute approximate surface area is 144 Å². The summed E-state index contributed by atoms with van der Waals surface area (Å²) in [6, 6.07) is 6.52. The van der Waals surface area contributed by atoms with Crippen molar-refractivity contribution in [3.05, 3.63) is 39.3 Å². The second-order valence-corrected chi connectivity index (χ2v) is 7.22. The lowest BCUT2D eigenvalue weighted by atomic mass is 9.96. The van der Waals surface area contributed by atoms with Crippen molar-refractivity contribution in [2.75, 3.05) is 26.2 Å². The summed E-state index contributed by atoms with van der Waals surface area (Å²) in [5.41, 5.74) is 0.0588. The Morgan fingerprint density at radius 3 is 2.79 bits per heavy atom. The van der Waals surface area contributed by atoms with Gasteiger partial charge in [-0.3, -0.25) is 14.9 Å². The summed E-state index contributed by atoms with van der Waals surface area (Å²) < 4.78 is 0.908. The van der Waals surface area contributed by atoms with Crippen molar-refractivity contribution >= 4 is 33.0 Å². The number of likely N-dealkylation sites (tertiary alicyclic amines) is 1. The van der Waals surface area contributed by atoms with Crippen molar-refractivity contribution in [1.29, 1.82) is 0 Å². The summed E-state index contributed by atoms with van der Waals surface area (Å²) >= 11 is 1.41. The molecule has 0 bridgehead atoms. The fourth-order valence-corrected chi connectivity index (χ4v) is 4.11. The molecular formula is C17H21N3O3S. The molecule has 1 aromatic heterocycles. The molecule has 0 atom stereocenters. The number of non-ortho nitro benzene ring substituents is 1. The normalized spacial score (nSPS) is 15.8. The van der Waals surface area contributed by atoms with E-state index in [-0.39, 0.29) is 11.6 Å². The SMILES string of the molecule is CCNCC1CCN(C(=O)c2cc3cc([N+](=O)[O-])ccc3s2)CC1. The van der Waals surface area contributed by atoms with Gasteiger partial charge in [0.1, 0.15) is 0 Å². The molecule has 1 aliphatic heterocycles. The number of rotatable bonds is 5. The monoisotopic (exact) mass is 347 g/mol. The number of nitrogens with one attached hydrogen (secondary N) is 1. The number of nitro groups is 1. The molecule has 1 saturated heterocycles. The van der Waals surface area contributed by atoms with Gasteiger partial charge in [-0.2, -0.15) is 0 Å². The van der Waals surface area contributed by atoms with E-state index in [2.05, 4.69) is 12.2 Å². The Kier molecular flexibility index (Phi) is 5.11. The quantitative estimate of drug-likeness (QED) is 0.665. The van der Waals surface area contributed by atoms with Gasteiger partial charge in [0.05, 0.1) is 9.80 Å². The van der Waals surface area contributed by atoms with Crippen LogP contribution >= 0.6 is 11.3 Å². The van der Waals surface area contributed by atoms with Crippen LogP contribution in [0.5, 0.6) is 0 Å². The van der Waals surface area contributed by atoms with Gasteiger partial charge >= 0.3 is 0 Å². The molecule has 2 aromatic rings. The van der Waals surface area contributed by atoms with E-state index < -0.39 is 4.92 Å². The minimum absolute atomic E-state index is 0.0424. The third-order valence-electron chi connectivity index (χ3n) is 4.51. The molecule has 2 heterocycles. The molecular weight excluding hydrogens is 326 g/mol. The minimum Gasteiger partial charge on any atom is -0.338 e. The molecule has 1 N–H and O–H groups in total. The fourth-order valence-electron chi connectivity index (χ4n) is 3.09. The maximum absolute atomic E-state index is 12.7. The maximum Gasteiger partial charge on any atom is 0.270 e. The molecule has 0 radical (unpaired) electrons. The van der Waals surface area contributed by atoms with Crippen LogP contribution in [0.25, 0.3) is 10.1 Å². The fraction of sp³-hybridized carbons (Fsp3) is 0.471. The molecule has 1 fully saturated rings. The van der Waals surface area contributed by atoms with Gasteiger partial charge in [0.15, 0.2) is 0 Å². The molecule has 1 aromatic carbocycles. The number of nitro benzene ring substituents is 1. The molecule has 0 aliphatic carbocycles. The van der Waals surface area contributed by atoms with Crippen molar-refractivity contribution in [2.45, 2.75) is 19.8 Å². The highest BCUT2D eigenvalue weighted by Gasteiger charge is 2.24. The van der Waals surface area contributed by atoms with E-state index in [0.717, 1.165) is 49.1 Å². The lowest BCUT2D eigenvalue weighted by Crippen LogP contribution is -2.40. The first kappa shape index (κ1) is 16.9. The maximum atomic E-state index is 12.7. The van der Waals surface area contributed by atoms with Crippen molar-refractivity contribution in [3.63, 3.8) is 0 Å². The van der Waals surface area contributed by atoms with Crippen LogP contribution in [0.4, 0.5) is 5.69 Å². The highest BCUT2D eigenvalue weighted by Crippen LogP contribution is 2.30. The molecule has 6 nitrogen and oxygen atoms in total. The van der Waals surface area contributed by atoms with Gasteiger partial charge in [-0.25, -0.2) is 0 Å². The summed E-state index contributed by atoms with van der Waals surface area (Å²) in [4.78, 5) is 25.7. The zero-order chi connectivity index (χ0) is 17.1. The molecule has 1 aliphatic rings. The number of benzene rings is 1. The first-order chi connectivity index (χ1) is 11.6. The van der Waals surface area contributed by atoms with Crippen LogP contribution in [0.2, 0.25) is 0 Å². The Hall–Kier alpha value is -1.99. The minimum atomic E-state index is -0.409. The van der Waals surface area contributed by atoms with Crippen LogP contribution < -0.4 is 5.32 Å². The average Bonchev–Trinajstić information content (AvgIpc) is 3.02. The van der Waals surface area contributed by atoms with E-state index in [1.165, 1.54) is 23.5 Å². The number of amides is 1. The zero-order valence-corrected chi connectivity index (χ0v) is 14.5. The van der Waals surface area contributed by atoms with Crippen LogP contribution in [0.15, 0.2) is 24.3 Å². The first-order valence-corrected chi connectivity index (χ1v) is 9.08. The number of carbonyl (C=O) groups is 1. The molecule has 128 valence electrons. The predicted molar refractivity (Wildman–Crippen MR) is 95.7 cm³/mol. The lowest BCUT2D eigenvalue weighted by Gasteiger charge is -2.31. The second kappa shape index (κ2) is 7.27. The summed E-state index contributed by atoms with van der Waals surface area (Å²) in [7, 11) is 0. The van der Waals surface area contributed by atoms with Gasteiger partial charge in [0.25, 0.3) is 11.6 Å². The van der Waals surface area contributed by atoms with Crippen molar-refractivity contribution < 1.29 is 9.72 Å². The highest BCUT2D eigenvalue weighted by atomic mass is 32.1. The summed E-state index contributed by atoms with van der Waals surface area (Å²) in [6.45, 7) is 5.66. The number of hydrogen-bond donors (Lipinski definition) is 1. The van der Waals surface area contributed by atoms with Gasteiger partial charge in [-0.1, -0.05) is 6.92 Å². The number of thiophene rings is 1. The Morgan fingerprint density at radius 2 is 2.12 bits per heavy atom. The van der Waals surface area contributed by atoms with E-state index in [4.69, 9.17) is 0 Å². The van der Waals surface area contributed by atoms with Gasteiger partial charge < -0.3 is 10.2 Å². The highest BCUT2D eigenvalue weighted by molar-refractivity contribution is 7.20. The molecule has 0 unspecified atom stereocenters. The van der Waals surface area contributed by atoms with Crippen molar-refractivity contribution in [2.24, 2.45) is 5.92 Å². The third-order valence-corrected chi connectivity index (χ3v) is 5.61. The third kappa shape index (κ3) is 3.57. The van der Waals surface area contributed by atoms with E-state index in [1.54, 1.807) is 12.1 Å². The second-order valence-electron chi connectivity index (χ2n) is 6.13. The molecule has 3 rings (SSSR count). The summed E-state index contributed by atoms with van der Waals surface area (Å²) in [6.07, 6.45) is 2.05. The standard InChI is InChI=1S/C17H21N3O3S/c1-2-18-11-12-5-7-19(8-6-12)17(21)16-10-13-9-14(20(22)23)3-4-15(13)24-16/h3-4,9-10,12,18H,2,5-8,11H2,1H3. The van der Waals surface area contributed by atoms with Crippen LogP contribution in [0.3, 0.4) is 0 Å². The van der Waals surface area contributed by atoms with E-state index in [1.807, 2.05) is 4.90 Å². The van der Waals surface area contributed by atoms with Crippen LogP contribution in [0, 0.1) is 16.0 Å². The smallest absolute Gasteiger partial charge is 0.270 e. The van der Waals surface area contributed by atoms with E-state index in [9.17, 15) is 14.9 Å². The Balaban J connectivity index is 1.69. The molecule has 24 heavy (non-hydrogen) atoms. The van der Waals surface area contributed by atoms with Crippen LogP contribution in [0.1, 0.15) is 29.4 Å². The van der Waals surface area contributed by atoms with Gasteiger partial charge in [-0.15, -0.1) is 11.3 Å². The number of piperidine rings is 1. The summed E-state index contributed by atoms with van der Waals surface area (Å²) in [5, 5.41) is 15.0. The number of nitrogens with zero attached hydrogens (tertiary/aromatic N) is 2. The number of hydrogen-bond acceptors (Lipinski definition) is 5. The topological polar surface area (TPSA) is 75.5 Å². The Bertz CT molecular complexity index is 751. The van der Waals surface area contributed by atoms with E-state index >= 15 is 0 Å². The van der Waals surface area contributed by atoms with E-state index in [0.29, 0.717) is 10.8 Å². The first-order valence-electron chi connectivity index (χ1n) is 8.26. The van der Waals surface area contributed by atoms with Gasteiger partial charge in [0.2, 0.25) is 0 Å². The predicted octanol–water partition coefficient (Wildman–Crippen LogP) is 3.27. The molecule has 7 heteroatoms. The zero-order valence-electron chi connectivity index (χ0n) is 13.7. The van der Waals surface area contributed by atoms with Gasteiger partial charge in [0, 0.05) is 35.3 Å². The van der Waals surface area contributed by atoms with Crippen LogP contribution in [-0.2, 0) is 0 Å². The van der Waals surface area contributed by atoms with Gasteiger partial charge in [-0.05, 0) is 44.0 Å².